The second-order valence-corrected chi connectivity index (χ2v) is 4.07. The molecule has 3 N–H and O–H groups in total. The average Bonchev–Trinajstić information content (AvgIpc) is 2.24. The Bertz CT molecular complexity index is 460. The number of hydrogen-bond donors (Lipinski definition) is 2. The second kappa shape index (κ2) is 5.81. The first-order valence-corrected chi connectivity index (χ1v) is 5.41. The van der Waals surface area contributed by atoms with E-state index in [1.165, 1.54) is 0 Å². The third-order valence-corrected chi connectivity index (χ3v) is 2.30. The van der Waals surface area contributed by atoms with Crippen LogP contribution in [0.3, 0.4) is 0 Å². The van der Waals surface area contributed by atoms with Crippen LogP contribution in [-0.4, -0.2) is 17.1 Å². The average molecular weight is 276 g/mol. The molecular formula is C11H11F3N2OS. The molecule has 0 aromatic heterocycles. The predicted molar refractivity (Wildman–Crippen MR) is 64.8 cm³/mol. The van der Waals surface area contributed by atoms with E-state index in [1.54, 1.807) is 24.3 Å². The zero-order valence-corrected chi connectivity index (χ0v) is 10.1. The van der Waals surface area contributed by atoms with Crippen molar-refractivity contribution in [3.05, 3.63) is 35.4 Å². The van der Waals surface area contributed by atoms with Crippen LogP contribution in [0, 0.1) is 0 Å². The highest BCUT2D eigenvalue weighted by atomic mass is 32.1. The maximum Gasteiger partial charge on any atom is 0.397 e. The number of rotatable bonds is 4. The minimum atomic E-state index is -4.50. The number of thiocarbonyl (C=S) groups is 1. The lowest BCUT2D eigenvalue weighted by molar-refractivity contribution is -0.153. The first kappa shape index (κ1) is 14.4. The largest absolute Gasteiger partial charge is 0.397 e. The lowest BCUT2D eigenvalue weighted by Crippen LogP contribution is -2.28. The van der Waals surface area contributed by atoms with Gasteiger partial charge in [-0.05, 0) is 11.6 Å². The Labute approximate surface area is 107 Å². The van der Waals surface area contributed by atoms with E-state index in [-0.39, 0.29) is 11.5 Å². The predicted octanol–water partition coefficient (Wildman–Crippen LogP) is 1.89. The molecule has 0 spiro atoms. The smallest absolute Gasteiger partial charge is 0.389 e. The zero-order valence-electron chi connectivity index (χ0n) is 9.25. The van der Waals surface area contributed by atoms with E-state index >= 15 is 0 Å². The Balaban J connectivity index is 2.56. The summed E-state index contributed by atoms with van der Waals surface area (Å²) in [5.74, 6) is -1.07. The quantitative estimate of drug-likeness (QED) is 0.826. The van der Waals surface area contributed by atoms with Gasteiger partial charge in [-0.3, -0.25) is 4.79 Å². The summed E-state index contributed by atoms with van der Waals surface area (Å²) in [7, 11) is 0. The molecule has 0 fully saturated rings. The Morgan fingerprint density at radius 2 is 2.06 bits per heavy atom. The number of halogens is 3. The topological polar surface area (TPSA) is 55.1 Å². The number of alkyl halides is 3. The lowest BCUT2D eigenvalue weighted by Gasteiger charge is -2.08. The Kier molecular flexibility index (Phi) is 4.66. The molecule has 0 aliphatic heterocycles. The molecule has 18 heavy (non-hydrogen) atoms. The van der Waals surface area contributed by atoms with Gasteiger partial charge in [-0.25, -0.2) is 0 Å². The van der Waals surface area contributed by atoms with Gasteiger partial charge in [0.2, 0.25) is 5.91 Å². The molecule has 0 unspecified atom stereocenters. The van der Waals surface area contributed by atoms with Gasteiger partial charge in [0.25, 0.3) is 0 Å². The second-order valence-electron chi connectivity index (χ2n) is 3.63. The fraction of sp³-hybridized carbons (Fsp3) is 0.273. The van der Waals surface area contributed by atoms with Crippen LogP contribution in [0.4, 0.5) is 13.2 Å². The number of benzene rings is 1. The van der Waals surface area contributed by atoms with E-state index in [1.807, 2.05) is 0 Å². The van der Waals surface area contributed by atoms with Crippen molar-refractivity contribution >= 4 is 23.1 Å². The van der Waals surface area contributed by atoms with Crippen LogP contribution in [-0.2, 0) is 11.3 Å². The highest BCUT2D eigenvalue weighted by Crippen LogP contribution is 2.19. The fourth-order valence-corrected chi connectivity index (χ4v) is 1.41. The first-order valence-electron chi connectivity index (χ1n) is 5.00. The summed E-state index contributed by atoms with van der Waals surface area (Å²) in [5.41, 5.74) is 6.66. The highest BCUT2D eigenvalue weighted by Gasteiger charge is 2.30. The van der Waals surface area contributed by atoms with Gasteiger partial charge >= 0.3 is 6.18 Å². The summed E-state index contributed by atoms with van der Waals surface area (Å²) >= 11 is 4.77. The van der Waals surface area contributed by atoms with Crippen molar-refractivity contribution in [2.45, 2.75) is 19.1 Å². The van der Waals surface area contributed by atoms with E-state index < -0.39 is 18.5 Å². The maximum absolute atomic E-state index is 11.9. The Morgan fingerprint density at radius 3 is 2.61 bits per heavy atom. The summed E-state index contributed by atoms with van der Waals surface area (Å²) in [5, 5.41) is 2.18. The number of hydrogen-bond acceptors (Lipinski definition) is 2. The van der Waals surface area contributed by atoms with Crippen LogP contribution >= 0.6 is 12.2 Å². The normalized spacial score (nSPS) is 11.1. The van der Waals surface area contributed by atoms with Crippen LogP contribution in [0.1, 0.15) is 17.5 Å². The zero-order chi connectivity index (χ0) is 13.8. The molecule has 0 aliphatic rings. The van der Waals surface area contributed by atoms with Gasteiger partial charge < -0.3 is 11.1 Å². The third-order valence-electron chi connectivity index (χ3n) is 2.06. The van der Waals surface area contributed by atoms with Gasteiger partial charge in [0, 0.05) is 12.1 Å². The van der Waals surface area contributed by atoms with Crippen molar-refractivity contribution in [1.82, 2.24) is 5.32 Å². The van der Waals surface area contributed by atoms with Gasteiger partial charge in [0.05, 0.1) is 0 Å². The summed E-state index contributed by atoms with van der Waals surface area (Å²) < 4.78 is 35.7. The van der Waals surface area contributed by atoms with Crippen LogP contribution < -0.4 is 11.1 Å². The molecule has 0 saturated carbocycles. The number of nitrogens with one attached hydrogen (secondary N) is 1. The minimum Gasteiger partial charge on any atom is -0.389 e. The van der Waals surface area contributed by atoms with E-state index in [9.17, 15) is 18.0 Å². The fourth-order valence-electron chi connectivity index (χ4n) is 1.28. The summed E-state index contributed by atoms with van der Waals surface area (Å²) in [6.45, 7) is 0.00532. The van der Waals surface area contributed by atoms with Crippen LogP contribution in [0.2, 0.25) is 0 Å². The third kappa shape index (κ3) is 5.13. The summed E-state index contributed by atoms with van der Waals surface area (Å²) in [6.07, 6.45) is -5.98. The van der Waals surface area contributed by atoms with Crippen molar-refractivity contribution in [1.29, 1.82) is 0 Å². The molecule has 1 rings (SSSR count). The first-order chi connectivity index (χ1) is 8.28. The molecular weight excluding hydrogens is 265 g/mol. The van der Waals surface area contributed by atoms with Gasteiger partial charge in [-0.2, -0.15) is 13.2 Å². The van der Waals surface area contributed by atoms with Crippen LogP contribution in [0.15, 0.2) is 24.3 Å². The number of nitrogens with two attached hydrogens (primary N) is 1. The lowest BCUT2D eigenvalue weighted by atomic mass is 10.1. The monoisotopic (exact) mass is 276 g/mol. The molecule has 0 radical (unpaired) electrons. The van der Waals surface area contributed by atoms with Gasteiger partial charge in [-0.1, -0.05) is 30.4 Å². The molecule has 1 aromatic rings. The standard InChI is InChI=1S/C11H11F3N2OS/c12-11(13,14)5-9(17)16-6-7-2-1-3-8(4-7)10(15)18/h1-4H,5-6H2,(H2,15,18)(H,16,17). The molecule has 0 aliphatic carbocycles. The van der Waals surface area contributed by atoms with Crippen molar-refractivity contribution in [2.75, 3.05) is 0 Å². The van der Waals surface area contributed by atoms with Crippen molar-refractivity contribution in [2.24, 2.45) is 5.73 Å². The molecule has 0 heterocycles. The molecule has 0 bridgehead atoms. The summed E-state index contributed by atoms with van der Waals surface area (Å²) in [6, 6.07) is 6.63. The molecule has 7 heteroatoms. The molecule has 98 valence electrons. The molecule has 3 nitrogen and oxygen atoms in total. The number of carbonyl (C=O) groups excluding carboxylic acids is 1. The number of carbonyl (C=O) groups is 1. The SMILES string of the molecule is NC(=S)c1cccc(CNC(=O)CC(F)(F)F)c1. The van der Waals surface area contributed by atoms with Gasteiger partial charge in [-0.15, -0.1) is 0 Å². The van der Waals surface area contributed by atoms with E-state index in [0.717, 1.165) is 0 Å². The number of amides is 1. The Hall–Kier alpha value is -1.63. The molecule has 1 aromatic carbocycles. The van der Waals surface area contributed by atoms with Gasteiger partial charge in [0.1, 0.15) is 11.4 Å². The van der Waals surface area contributed by atoms with E-state index in [0.29, 0.717) is 11.1 Å². The minimum absolute atomic E-state index is 0.00532. The van der Waals surface area contributed by atoms with Gasteiger partial charge in [0.15, 0.2) is 0 Å². The van der Waals surface area contributed by atoms with E-state index in [2.05, 4.69) is 5.32 Å². The highest BCUT2D eigenvalue weighted by molar-refractivity contribution is 7.80. The van der Waals surface area contributed by atoms with Crippen molar-refractivity contribution in [3.8, 4) is 0 Å². The Morgan fingerprint density at radius 1 is 1.39 bits per heavy atom. The van der Waals surface area contributed by atoms with E-state index in [4.69, 9.17) is 18.0 Å². The molecule has 0 atom stereocenters. The molecule has 1 amide bonds. The van der Waals surface area contributed by atoms with Crippen LogP contribution in [0.25, 0.3) is 0 Å². The summed E-state index contributed by atoms with van der Waals surface area (Å²) in [4.78, 5) is 11.2. The molecule has 0 saturated heterocycles. The maximum atomic E-state index is 11.9. The van der Waals surface area contributed by atoms with Crippen molar-refractivity contribution in [3.63, 3.8) is 0 Å². The van der Waals surface area contributed by atoms with Crippen LogP contribution in [0.5, 0.6) is 0 Å². The van der Waals surface area contributed by atoms with Crippen molar-refractivity contribution < 1.29 is 18.0 Å².